The van der Waals surface area contributed by atoms with Gasteiger partial charge in [-0.25, -0.2) is 9.67 Å². The average Bonchev–Trinajstić information content (AvgIpc) is 3.00. The number of benzene rings is 2. The SMILES string of the molecule is COc1ccc2c(=O)[nH]c(Cc3ccc(-n4cc(C)c(C)n4)cc3)nc2c1. The van der Waals surface area contributed by atoms with Crippen molar-refractivity contribution in [2.45, 2.75) is 20.3 Å². The maximum Gasteiger partial charge on any atom is 0.258 e. The monoisotopic (exact) mass is 360 g/mol. The van der Waals surface area contributed by atoms with E-state index in [0.29, 0.717) is 28.9 Å². The van der Waals surface area contributed by atoms with Gasteiger partial charge in [0.15, 0.2) is 0 Å². The van der Waals surface area contributed by atoms with Crippen molar-refractivity contribution in [2.75, 3.05) is 7.11 Å². The third-order valence-electron chi connectivity index (χ3n) is 4.68. The Kier molecular flexibility index (Phi) is 4.24. The van der Waals surface area contributed by atoms with Gasteiger partial charge < -0.3 is 9.72 Å². The minimum absolute atomic E-state index is 0.142. The second-order valence-electron chi connectivity index (χ2n) is 6.58. The molecule has 0 fully saturated rings. The minimum Gasteiger partial charge on any atom is -0.497 e. The van der Waals surface area contributed by atoms with Crippen molar-refractivity contribution in [3.8, 4) is 11.4 Å². The van der Waals surface area contributed by atoms with Crippen molar-refractivity contribution in [1.82, 2.24) is 19.7 Å². The molecule has 27 heavy (non-hydrogen) atoms. The molecule has 136 valence electrons. The third kappa shape index (κ3) is 3.33. The highest BCUT2D eigenvalue weighted by molar-refractivity contribution is 5.79. The first-order valence-electron chi connectivity index (χ1n) is 8.72. The van der Waals surface area contributed by atoms with Crippen molar-refractivity contribution in [3.05, 3.63) is 81.7 Å². The van der Waals surface area contributed by atoms with Gasteiger partial charge in [-0.3, -0.25) is 4.79 Å². The quantitative estimate of drug-likeness (QED) is 0.606. The van der Waals surface area contributed by atoms with Gasteiger partial charge in [-0.2, -0.15) is 5.10 Å². The molecule has 0 saturated carbocycles. The summed E-state index contributed by atoms with van der Waals surface area (Å²) in [4.78, 5) is 19.8. The number of aryl methyl sites for hydroxylation is 2. The van der Waals surface area contributed by atoms with Gasteiger partial charge in [0, 0.05) is 18.7 Å². The summed E-state index contributed by atoms with van der Waals surface area (Å²) in [7, 11) is 1.60. The molecule has 1 N–H and O–H groups in total. The summed E-state index contributed by atoms with van der Waals surface area (Å²) in [5, 5.41) is 5.06. The van der Waals surface area contributed by atoms with Crippen molar-refractivity contribution < 1.29 is 4.74 Å². The van der Waals surface area contributed by atoms with Crippen molar-refractivity contribution >= 4 is 10.9 Å². The van der Waals surface area contributed by atoms with E-state index >= 15 is 0 Å². The van der Waals surface area contributed by atoms with E-state index in [1.165, 1.54) is 0 Å². The van der Waals surface area contributed by atoms with Crippen LogP contribution in [0.5, 0.6) is 5.75 Å². The Morgan fingerprint density at radius 2 is 1.89 bits per heavy atom. The molecule has 0 saturated heterocycles. The molecule has 0 aliphatic heterocycles. The predicted molar refractivity (Wildman–Crippen MR) is 105 cm³/mol. The van der Waals surface area contributed by atoms with Crippen LogP contribution in [0, 0.1) is 13.8 Å². The van der Waals surface area contributed by atoms with Gasteiger partial charge in [0.25, 0.3) is 5.56 Å². The summed E-state index contributed by atoms with van der Waals surface area (Å²) in [5.41, 5.74) is 4.73. The average molecular weight is 360 g/mol. The van der Waals surface area contributed by atoms with E-state index in [0.717, 1.165) is 22.5 Å². The molecule has 2 heterocycles. The van der Waals surface area contributed by atoms with Gasteiger partial charge in [0.05, 0.1) is 29.4 Å². The van der Waals surface area contributed by atoms with Crippen LogP contribution in [-0.2, 0) is 6.42 Å². The van der Waals surface area contributed by atoms with Crippen LogP contribution in [0.1, 0.15) is 22.6 Å². The summed E-state index contributed by atoms with van der Waals surface area (Å²) >= 11 is 0. The lowest BCUT2D eigenvalue weighted by Gasteiger charge is -2.06. The van der Waals surface area contributed by atoms with Crippen LogP contribution in [0.15, 0.2) is 53.5 Å². The molecule has 0 radical (unpaired) electrons. The lowest BCUT2D eigenvalue weighted by molar-refractivity contribution is 0.415. The smallest absolute Gasteiger partial charge is 0.258 e. The fraction of sp³-hybridized carbons (Fsp3) is 0.190. The van der Waals surface area contributed by atoms with Crippen LogP contribution < -0.4 is 10.3 Å². The van der Waals surface area contributed by atoms with E-state index in [1.54, 1.807) is 25.3 Å². The molecule has 0 atom stereocenters. The van der Waals surface area contributed by atoms with E-state index < -0.39 is 0 Å². The zero-order valence-corrected chi connectivity index (χ0v) is 15.5. The summed E-state index contributed by atoms with van der Waals surface area (Å²) in [5.74, 6) is 1.31. The summed E-state index contributed by atoms with van der Waals surface area (Å²) < 4.78 is 7.10. The Morgan fingerprint density at radius 1 is 1.11 bits per heavy atom. The van der Waals surface area contributed by atoms with Crippen LogP contribution in [0.2, 0.25) is 0 Å². The largest absolute Gasteiger partial charge is 0.497 e. The molecular weight excluding hydrogens is 340 g/mol. The van der Waals surface area contributed by atoms with Crippen LogP contribution in [0.3, 0.4) is 0 Å². The highest BCUT2D eigenvalue weighted by Gasteiger charge is 2.07. The van der Waals surface area contributed by atoms with Crippen LogP contribution >= 0.6 is 0 Å². The molecular formula is C21H20N4O2. The molecule has 6 nitrogen and oxygen atoms in total. The van der Waals surface area contributed by atoms with Gasteiger partial charge in [-0.1, -0.05) is 12.1 Å². The normalized spacial score (nSPS) is 11.1. The van der Waals surface area contributed by atoms with Crippen molar-refractivity contribution in [2.24, 2.45) is 0 Å². The number of rotatable bonds is 4. The van der Waals surface area contributed by atoms with Crippen LogP contribution in [0.4, 0.5) is 0 Å². The number of hydrogen-bond donors (Lipinski definition) is 1. The van der Waals surface area contributed by atoms with Gasteiger partial charge in [0.1, 0.15) is 11.6 Å². The van der Waals surface area contributed by atoms with Crippen LogP contribution in [-0.4, -0.2) is 26.9 Å². The van der Waals surface area contributed by atoms with E-state index in [9.17, 15) is 4.79 Å². The number of hydrogen-bond acceptors (Lipinski definition) is 4. The summed E-state index contributed by atoms with van der Waals surface area (Å²) in [6.07, 6.45) is 2.56. The molecule has 0 amide bonds. The van der Waals surface area contributed by atoms with Gasteiger partial charge in [-0.05, 0) is 49.2 Å². The van der Waals surface area contributed by atoms with Crippen LogP contribution in [0.25, 0.3) is 16.6 Å². The molecule has 2 aromatic heterocycles. The topological polar surface area (TPSA) is 72.8 Å². The number of H-pyrrole nitrogens is 1. The predicted octanol–water partition coefficient (Wildman–Crippen LogP) is 3.33. The first-order chi connectivity index (χ1) is 13.0. The Bertz CT molecular complexity index is 1150. The number of fused-ring (bicyclic) bond motifs is 1. The zero-order valence-electron chi connectivity index (χ0n) is 15.5. The molecule has 4 rings (SSSR count). The highest BCUT2D eigenvalue weighted by atomic mass is 16.5. The maximum absolute atomic E-state index is 12.3. The number of aromatic amines is 1. The third-order valence-corrected chi connectivity index (χ3v) is 4.68. The zero-order chi connectivity index (χ0) is 19.0. The Balaban J connectivity index is 1.62. The lowest BCUT2D eigenvalue weighted by atomic mass is 10.1. The Labute approximate surface area is 156 Å². The number of aromatic nitrogens is 4. The Morgan fingerprint density at radius 3 is 2.56 bits per heavy atom. The van der Waals surface area contributed by atoms with Gasteiger partial charge >= 0.3 is 0 Å². The second-order valence-corrected chi connectivity index (χ2v) is 6.58. The van der Waals surface area contributed by atoms with E-state index in [1.807, 2.05) is 49.0 Å². The molecule has 4 aromatic rings. The standard InChI is InChI=1S/C21H20N4O2/c1-13-12-25(24-14(13)2)16-6-4-15(5-7-16)10-20-22-19-11-17(27-3)8-9-18(19)21(26)23-20/h4-9,11-12H,10H2,1-3H3,(H,22,23,26). The van der Waals surface area contributed by atoms with Gasteiger partial charge in [-0.15, -0.1) is 0 Å². The number of methoxy groups -OCH3 is 1. The second kappa shape index (κ2) is 6.72. The Hall–Kier alpha value is -3.41. The van der Waals surface area contributed by atoms with Gasteiger partial charge in [0.2, 0.25) is 0 Å². The molecule has 2 aromatic carbocycles. The molecule has 6 heteroatoms. The fourth-order valence-corrected chi connectivity index (χ4v) is 3.02. The molecule has 0 bridgehead atoms. The fourth-order valence-electron chi connectivity index (χ4n) is 3.02. The summed E-state index contributed by atoms with van der Waals surface area (Å²) in [6, 6.07) is 13.4. The molecule has 0 unspecified atom stereocenters. The first kappa shape index (κ1) is 17.0. The van der Waals surface area contributed by atoms with Crippen molar-refractivity contribution in [3.63, 3.8) is 0 Å². The lowest BCUT2D eigenvalue weighted by Crippen LogP contribution is -2.12. The molecule has 0 aliphatic rings. The van der Waals surface area contributed by atoms with Crippen molar-refractivity contribution in [1.29, 1.82) is 0 Å². The van der Waals surface area contributed by atoms with E-state index in [4.69, 9.17) is 4.74 Å². The molecule has 0 spiro atoms. The first-order valence-corrected chi connectivity index (χ1v) is 8.72. The highest BCUT2D eigenvalue weighted by Crippen LogP contribution is 2.18. The van der Waals surface area contributed by atoms with E-state index in [-0.39, 0.29) is 5.56 Å². The number of nitrogens with one attached hydrogen (secondary N) is 1. The number of nitrogens with zero attached hydrogens (tertiary/aromatic N) is 3. The minimum atomic E-state index is -0.142. The number of ether oxygens (including phenoxy) is 1. The molecule has 0 aliphatic carbocycles. The maximum atomic E-state index is 12.3. The van der Waals surface area contributed by atoms with E-state index in [2.05, 4.69) is 15.1 Å². The summed E-state index contributed by atoms with van der Waals surface area (Å²) in [6.45, 7) is 4.04.